The second-order valence-corrected chi connectivity index (χ2v) is 13.6. The summed E-state index contributed by atoms with van der Waals surface area (Å²) in [5, 5.41) is -1.04. The topological polar surface area (TPSA) is 138 Å². The number of aromatic amines is 1. The van der Waals surface area contributed by atoms with E-state index in [9.17, 15) is 34.8 Å². The molecule has 1 fully saturated rings. The van der Waals surface area contributed by atoms with E-state index in [1.807, 2.05) is 4.72 Å². The number of amides is 1. The number of nitrogens with one attached hydrogen (secondary N) is 3. The van der Waals surface area contributed by atoms with Gasteiger partial charge in [-0.05, 0) is 47.9 Å². The first-order chi connectivity index (χ1) is 18.7. The Hall–Kier alpha value is -3.27. The van der Waals surface area contributed by atoms with E-state index in [0.29, 0.717) is 28.2 Å². The molecule has 0 spiro atoms. The molecule has 0 radical (unpaired) electrons. The van der Waals surface area contributed by atoms with E-state index < -0.39 is 53.9 Å². The Labute approximate surface area is 235 Å². The molecule has 3 N–H and O–H groups in total. The molecule has 1 saturated heterocycles. The van der Waals surface area contributed by atoms with E-state index in [1.54, 1.807) is 36.4 Å². The van der Waals surface area contributed by atoms with Crippen molar-refractivity contribution in [1.82, 2.24) is 19.4 Å². The number of carbonyl (C=O) groups is 1. The van der Waals surface area contributed by atoms with Crippen molar-refractivity contribution in [3.05, 3.63) is 93.7 Å². The minimum Gasteiger partial charge on any atom is -0.341 e. The number of benzene rings is 3. The number of sulfonamides is 2. The zero-order chi connectivity index (χ0) is 28.9. The Morgan fingerprint density at radius 1 is 1.07 bits per heavy atom. The van der Waals surface area contributed by atoms with Crippen LogP contribution >= 0.6 is 15.9 Å². The Morgan fingerprint density at radius 2 is 1.77 bits per heavy atom. The predicted molar refractivity (Wildman–Crippen MR) is 143 cm³/mol. The summed E-state index contributed by atoms with van der Waals surface area (Å²) in [6.45, 7) is 0. The minimum atomic E-state index is -4.78. The summed E-state index contributed by atoms with van der Waals surface area (Å²) in [5.41, 5.74) is 1.02. The molecule has 0 bridgehead atoms. The molecule has 2 heterocycles. The van der Waals surface area contributed by atoms with Gasteiger partial charge < -0.3 is 4.98 Å². The second-order valence-electron chi connectivity index (χ2n) is 9.16. The van der Waals surface area contributed by atoms with Crippen LogP contribution < -0.4 is 9.44 Å². The first-order valence-corrected chi connectivity index (χ1v) is 15.5. The molecule has 1 unspecified atom stereocenters. The van der Waals surface area contributed by atoms with Gasteiger partial charge in [0.25, 0.3) is 0 Å². The summed E-state index contributed by atoms with van der Waals surface area (Å²) >= 11 is 2.81. The second kappa shape index (κ2) is 10.3. The lowest BCUT2D eigenvalue weighted by atomic mass is 10.0. The molecule has 1 aliphatic heterocycles. The maximum Gasteiger partial charge on any atom is 0.417 e. The molecule has 40 heavy (non-hydrogen) atoms. The monoisotopic (exact) mass is 656 g/mol. The van der Waals surface area contributed by atoms with Gasteiger partial charge in [0.15, 0.2) is 0 Å². The van der Waals surface area contributed by atoms with Crippen LogP contribution in [0.3, 0.4) is 0 Å². The van der Waals surface area contributed by atoms with E-state index in [-0.39, 0.29) is 23.1 Å². The number of nitrogens with zero attached hydrogens (tertiary/aromatic N) is 1. The molecule has 5 rings (SSSR count). The van der Waals surface area contributed by atoms with E-state index in [1.165, 1.54) is 12.1 Å². The fourth-order valence-electron chi connectivity index (χ4n) is 4.43. The zero-order valence-corrected chi connectivity index (χ0v) is 23.5. The molecule has 1 aromatic heterocycles. The van der Waals surface area contributed by atoms with Crippen molar-refractivity contribution in [1.29, 1.82) is 0 Å². The number of aromatic nitrogens is 2. The molecule has 1 amide bonds. The Kier molecular flexibility index (Phi) is 7.27. The number of alkyl halides is 3. The van der Waals surface area contributed by atoms with Gasteiger partial charge in [-0.1, -0.05) is 52.3 Å². The summed E-state index contributed by atoms with van der Waals surface area (Å²) in [6.07, 6.45) is -4.97. The zero-order valence-electron chi connectivity index (χ0n) is 20.2. The number of hydrogen-bond acceptors (Lipinski definition) is 6. The number of para-hydroxylation sites is 2. The summed E-state index contributed by atoms with van der Waals surface area (Å²) in [7, 11) is -8.31. The molecule has 3 aromatic carbocycles. The van der Waals surface area contributed by atoms with Gasteiger partial charge in [-0.25, -0.2) is 26.5 Å². The SMILES string of the molecule is O=C1CC(c2ccc(C[C@H](NS(=O)(=O)c3ccc(Br)c(C(F)(F)F)c3)c3nc4ccccc4[nH]3)cc2)S(=O)(=O)N1. The van der Waals surface area contributed by atoms with Crippen LogP contribution in [0.5, 0.6) is 0 Å². The first-order valence-electron chi connectivity index (χ1n) is 11.7. The third kappa shape index (κ3) is 5.77. The quantitative estimate of drug-likeness (QED) is 0.268. The molecular formula is C25H20BrF3N4O5S2. The number of carbonyl (C=O) groups excluding carboxylic acids is 1. The van der Waals surface area contributed by atoms with Crippen LogP contribution in [0.25, 0.3) is 11.0 Å². The van der Waals surface area contributed by atoms with Gasteiger partial charge in [0.2, 0.25) is 26.0 Å². The molecule has 0 saturated carbocycles. The third-order valence-corrected chi connectivity index (χ3v) is 10.2. The predicted octanol–water partition coefficient (Wildman–Crippen LogP) is 4.50. The molecule has 4 aromatic rings. The lowest BCUT2D eigenvalue weighted by molar-refractivity contribution is -0.138. The number of rotatable bonds is 7. The lowest BCUT2D eigenvalue weighted by Crippen LogP contribution is -2.31. The van der Waals surface area contributed by atoms with E-state index in [2.05, 4.69) is 30.6 Å². The van der Waals surface area contributed by atoms with Crippen molar-refractivity contribution in [3.63, 3.8) is 0 Å². The third-order valence-electron chi connectivity index (χ3n) is 6.38. The van der Waals surface area contributed by atoms with Gasteiger partial charge in [-0.15, -0.1) is 0 Å². The average molecular weight is 657 g/mol. The number of imidazole rings is 1. The fourth-order valence-corrected chi connectivity index (χ4v) is 7.55. The smallest absolute Gasteiger partial charge is 0.341 e. The van der Waals surface area contributed by atoms with Gasteiger partial charge in [-0.3, -0.25) is 9.52 Å². The molecule has 0 aliphatic carbocycles. The van der Waals surface area contributed by atoms with Gasteiger partial charge in [0, 0.05) is 4.47 Å². The highest BCUT2D eigenvalue weighted by atomic mass is 79.9. The van der Waals surface area contributed by atoms with E-state index >= 15 is 0 Å². The summed E-state index contributed by atoms with van der Waals surface area (Å²) < 4.78 is 95.5. The fraction of sp³-hybridized carbons (Fsp3) is 0.200. The van der Waals surface area contributed by atoms with Crippen LogP contribution in [0.15, 0.2) is 76.1 Å². The highest BCUT2D eigenvalue weighted by molar-refractivity contribution is 9.10. The highest BCUT2D eigenvalue weighted by Crippen LogP contribution is 2.36. The Morgan fingerprint density at radius 3 is 2.40 bits per heavy atom. The van der Waals surface area contributed by atoms with E-state index in [0.717, 1.165) is 12.1 Å². The van der Waals surface area contributed by atoms with Crippen molar-refractivity contribution in [2.24, 2.45) is 0 Å². The number of halogens is 4. The number of hydrogen-bond donors (Lipinski definition) is 3. The molecule has 210 valence electrons. The van der Waals surface area contributed by atoms with E-state index in [4.69, 9.17) is 0 Å². The normalized spacial score (nSPS) is 18.1. The number of H-pyrrole nitrogens is 1. The Balaban J connectivity index is 1.48. The molecule has 15 heteroatoms. The molecule has 2 atom stereocenters. The van der Waals surface area contributed by atoms with Crippen LogP contribution in [0.2, 0.25) is 0 Å². The van der Waals surface area contributed by atoms with Crippen molar-refractivity contribution < 1.29 is 34.8 Å². The average Bonchev–Trinajstić information content (AvgIpc) is 3.42. The lowest BCUT2D eigenvalue weighted by Gasteiger charge is -2.19. The van der Waals surface area contributed by atoms with Crippen molar-refractivity contribution >= 4 is 52.9 Å². The molecular weight excluding hydrogens is 637 g/mol. The summed E-state index contributed by atoms with van der Waals surface area (Å²) in [6, 6.07) is 14.8. The van der Waals surface area contributed by atoms with Crippen LogP contribution in [0.1, 0.15) is 40.2 Å². The van der Waals surface area contributed by atoms with Crippen LogP contribution in [-0.4, -0.2) is 32.7 Å². The standard InChI is InChI=1S/C25H20BrF3N4O5S2/c26-18-10-9-16(12-17(18)25(27,28)29)39(35,36)32-21(24-30-19-3-1-2-4-20(19)31-24)11-14-5-7-15(8-6-14)22-13-23(34)33-40(22,37)38/h1-10,12,21-22,32H,11,13H2,(H,30,31)(H,33,34)/t21-,22?/m0/s1. The minimum absolute atomic E-state index is 0.0244. The van der Waals surface area contributed by atoms with Crippen molar-refractivity contribution in [2.45, 2.75) is 35.2 Å². The summed E-state index contributed by atoms with van der Waals surface area (Å²) in [4.78, 5) is 18.5. The highest BCUT2D eigenvalue weighted by Gasteiger charge is 2.38. The maximum atomic E-state index is 13.4. The molecule has 9 nitrogen and oxygen atoms in total. The van der Waals surface area contributed by atoms with Crippen LogP contribution in [0.4, 0.5) is 13.2 Å². The van der Waals surface area contributed by atoms with Gasteiger partial charge in [0.1, 0.15) is 11.1 Å². The summed E-state index contributed by atoms with van der Waals surface area (Å²) in [5.74, 6) is -0.370. The maximum absolute atomic E-state index is 13.4. The van der Waals surface area contributed by atoms with Gasteiger partial charge in [0.05, 0.1) is 34.0 Å². The molecule has 1 aliphatic rings. The van der Waals surface area contributed by atoms with Crippen LogP contribution in [0, 0.1) is 0 Å². The Bertz CT molecular complexity index is 1790. The van der Waals surface area contributed by atoms with Gasteiger partial charge in [-0.2, -0.15) is 13.2 Å². The number of fused-ring (bicyclic) bond motifs is 1. The van der Waals surface area contributed by atoms with Crippen LogP contribution in [-0.2, 0) is 37.4 Å². The van der Waals surface area contributed by atoms with Gasteiger partial charge >= 0.3 is 6.18 Å². The first kappa shape index (κ1) is 28.3. The van der Waals surface area contributed by atoms with Crippen molar-refractivity contribution in [2.75, 3.05) is 0 Å². The largest absolute Gasteiger partial charge is 0.417 e. The van der Waals surface area contributed by atoms with Crippen molar-refractivity contribution in [3.8, 4) is 0 Å².